The number of rotatable bonds is 53. The van der Waals surface area contributed by atoms with Crippen LogP contribution in [0.25, 0.3) is 0 Å². The predicted molar refractivity (Wildman–Crippen MR) is 302 cm³/mol. The van der Waals surface area contributed by atoms with Crippen LogP contribution in [0.15, 0.2) is 85.1 Å². The molecule has 0 aromatic heterocycles. The second kappa shape index (κ2) is 58.2. The topological polar surface area (TPSA) is 78.9 Å². The van der Waals surface area contributed by atoms with Gasteiger partial charge in [-0.05, 0) is 83.5 Å². The standard InChI is InChI=1S/C64H110O6/c1-4-7-10-13-16-19-22-25-28-31-32-34-36-39-42-45-48-51-54-57-63(66)69-60-61(59-68-62(65)56-53-50-47-44-41-38-35-30-27-24-21-18-15-12-9-6-3)70-64(67)58-55-52-49-46-43-40-37-33-29-26-23-20-17-14-11-8-5-2/h7,10,16,19,25-26,28-29,32,34,39,42,48,51,61H,4-6,8-9,11-15,17-18,20-24,27,30-31,33,35-38,40-41,43-47,49-50,52-60H2,1-3H3/b10-7-,19-16-,28-25-,29-26-,34-32-,42-39-,51-48-. The van der Waals surface area contributed by atoms with Crippen molar-refractivity contribution in [1.82, 2.24) is 0 Å². The lowest BCUT2D eigenvalue weighted by Crippen LogP contribution is -2.30. The van der Waals surface area contributed by atoms with E-state index in [-0.39, 0.29) is 37.5 Å². The molecule has 6 heteroatoms. The molecule has 402 valence electrons. The van der Waals surface area contributed by atoms with Crippen molar-refractivity contribution in [3.05, 3.63) is 85.1 Å². The highest BCUT2D eigenvalue weighted by molar-refractivity contribution is 5.71. The Bertz CT molecular complexity index is 1350. The van der Waals surface area contributed by atoms with Crippen LogP contribution in [0.5, 0.6) is 0 Å². The highest BCUT2D eigenvalue weighted by Crippen LogP contribution is 2.16. The summed E-state index contributed by atoms with van der Waals surface area (Å²) >= 11 is 0. The minimum Gasteiger partial charge on any atom is -0.462 e. The van der Waals surface area contributed by atoms with Crippen molar-refractivity contribution in [3.8, 4) is 0 Å². The highest BCUT2D eigenvalue weighted by Gasteiger charge is 2.19. The molecule has 0 bridgehead atoms. The number of allylic oxidation sites excluding steroid dienone is 14. The third-order valence-corrected chi connectivity index (χ3v) is 12.6. The normalized spacial score (nSPS) is 12.7. The Labute approximate surface area is 433 Å². The van der Waals surface area contributed by atoms with Crippen LogP contribution < -0.4 is 0 Å². The van der Waals surface area contributed by atoms with Crippen molar-refractivity contribution in [1.29, 1.82) is 0 Å². The van der Waals surface area contributed by atoms with E-state index in [0.717, 1.165) is 77.0 Å². The lowest BCUT2D eigenvalue weighted by Gasteiger charge is -2.18. The molecule has 0 fully saturated rings. The summed E-state index contributed by atoms with van der Waals surface area (Å²) in [7, 11) is 0. The van der Waals surface area contributed by atoms with E-state index < -0.39 is 6.10 Å². The summed E-state index contributed by atoms with van der Waals surface area (Å²) in [5.74, 6) is -0.982. The summed E-state index contributed by atoms with van der Waals surface area (Å²) in [4.78, 5) is 38.2. The van der Waals surface area contributed by atoms with Gasteiger partial charge in [0.05, 0.1) is 0 Å². The fraction of sp³-hybridized carbons (Fsp3) is 0.734. The van der Waals surface area contributed by atoms with E-state index >= 15 is 0 Å². The van der Waals surface area contributed by atoms with Gasteiger partial charge in [0.25, 0.3) is 0 Å². The molecule has 0 aliphatic rings. The number of ether oxygens (including phenoxy) is 3. The molecule has 0 spiro atoms. The second-order valence-electron chi connectivity index (χ2n) is 19.5. The molecule has 0 aliphatic heterocycles. The van der Waals surface area contributed by atoms with Gasteiger partial charge in [0.15, 0.2) is 6.10 Å². The summed E-state index contributed by atoms with van der Waals surface area (Å²) in [6, 6.07) is 0. The van der Waals surface area contributed by atoms with Gasteiger partial charge in [0, 0.05) is 19.3 Å². The number of carbonyl (C=O) groups excluding carboxylic acids is 3. The van der Waals surface area contributed by atoms with Gasteiger partial charge in [0.1, 0.15) is 13.2 Å². The maximum Gasteiger partial charge on any atom is 0.306 e. The third-order valence-electron chi connectivity index (χ3n) is 12.6. The van der Waals surface area contributed by atoms with Crippen molar-refractivity contribution in [2.75, 3.05) is 13.2 Å². The maximum absolute atomic E-state index is 12.9. The summed E-state index contributed by atoms with van der Waals surface area (Å²) in [5, 5.41) is 0. The summed E-state index contributed by atoms with van der Waals surface area (Å²) in [5.41, 5.74) is 0. The molecule has 0 N–H and O–H groups in total. The summed E-state index contributed by atoms with van der Waals surface area (Å²) in [6.45, 7) is 6.48. The Morgan fingerprint density at radius 1 is 0.300 bits per heavy atom. The fourth-order valence-electron chi connectivity index (χ4n) is 8.23. The third kappa shape index (κ3) is 55.5. The van der Waals surface area contributed by atoms with E-state index in [1.807, 2.05) is 6.08 Å². The van der Waals surface area contributed by atoms with E-state index in [0.29, 0.717) is 19.3 Å². The van der Waals surface area contributed by atoms with Crippen LogP contribution in [0.4, 0.5) is 0 Å². The molecule has 0 rings (SSSR count). The largest absolute Gasteiger partial charge is 0.462 e. The van der Waals surface area contributed by atoms with Gasteiger partial charge >= 0.3 is 17.9 Å². The second-order valence-corrected chi connectivity index (χ2v) is 19.5. The van der Waals surface area contributed by atoms with Crippen LogP contribution in [0, 0.1) is 0 Å². The summed E-state index contributed by atoms with van der Waals surface area (Å²) in [6.07, 6.45) is 75.8. The summed E-state index contributed by atoms with van der Waals surface area (Å²) < 4.78 is 16.8. The van der Waals surface area contributed by atoms with Crippen LogP contribution in [0.3, 0.4) is 0 Å². The van der Waals surface area contributed by atoms with Crippen LogP contribution in [-0.2, 0) is 28.6 Å². The van der Waals surface area contributed by atoms with Crippen molar-refractivity contribution >= 4 is 17.9 Å². The molecule has 0 heterocycles. The number of carbonyl (C=O) groups is 3. The van der Waals surface area contributed by atoms with Gasteiger partial charge in [-0.3, -0.25) is 14.4 Å². The molecular weight excluding hydrogens is 865 g/mol. The maximum atomic E-state index is 12.9. The first-order chi connectivity index (χ1) is 34.5. The quantitative estimate of drug-likeness (QED) is 0.0261. The first kappa shape index (κ1) is 66.6. The smallest absolute Gasteiger partial charge is 0.306 e. The lowest BCUT2D eigenvalue weighted by atomic mass is 10.0. The Balaban J connectivity index is 4.48. The van der Waals surface area contributed by atoms with Crippen molar-refractivity contribution in [3.63, 3.8) is 0 Å². The monoisotopic (exact) mass is 975 g/mol. The molecular formula is C64H110O6. The number of hydrogen-bond donors (Lipinski definition) is 0. The van der Waals surface area contributed by atoms with Crippen LogP contribution in [0.2, 0.25) is 0 Å². The Morgan fingerprint density at radius 3 is 0.957 bits per heavy atom. The lowest BCUT2D eigenvalue weighted by molar-refractivity contribution is -0.166. The Morgan fingerprint density at radius 2 is 0.586 bits per heavy atom. The highest BCUT2D eigenvalue weighted by atomic mass is 16.6. The molecule has 0 saturated heterocycles. The number of esters is 3. The number of unbranched alkanes of at least 4 members (excludes halogenated alkanes) is 28. The zero-order valence-electron chi connectivity index (χ0n) is 46.0. The first-order valence-corrected chi connectivity index (χ1v) is 29.6. The van der Waals surface area contributed by atoms with E-state index in [9.17, 15) is 14.4 Å². The van der Waals surface area contributed by atoms with Gasteiger partial charge in [-0.25, -0.2) is 0 Å². The average molecular weight is 976 g/mol. The van der Waals surface area contributed by atoms with E-state index in [4.69, 9.17) is 14.2 Å². The van der Waals surface area contributed by atoms with Crippen molar-refractivity contribution in [2.45, 2.75) is 290 Å². The minimum absolute atomic E-state index is 0.0991. The predicted octanol–water partition coefficient (Wildman–Crippen LogP) is 19.9. The molecule has 1 atom stereocenters. The van der Waals surface area contributed by atoms with Gasteiger partial charge in [-0.1, -0.05) is 266 Å². The average Bonchev–Trinajstić information content (AvgIpc) is 3.36. The minimum atomic E-state index is -0.808. The van der Waals surface area contributed by atoms with E-state index in [2.05, 4.69) is 99.8 Å². The first-order valence-electron chi connectivity index (χ1n) is 29.6. The van der Waals surface area contributed by atoms with Crippen LogP contribution in [0.1, 0.15) is 284 Å². The molecule has 0 amide bonds. The van der Waals surface area contributed by atoms with Crippen LogP contribution >= 0.6 is 0 Å². The fourth-order valence-corrected chi connectivity index (χ4v) is 8.23. The zero-order chi connectivity index (χ0) is 50.7. The molecule has 0 saturated carbocycles. The van der Waals surface area contributed by atoms with Gasteiger partial charge in [0.2, 0.25) is 0 Å². The van der Waals surface area contributed by atoms with Gasteiger partial charge in [-0.15, -0.1) is 0 Å². The van der Waals surface area contributed by atoms with Gasteiger partial charge < -0.3 is 14.2 Å². The Hall–Kier alpha value is -3.41. The molecule has 70 heavy (non-hydrogen) atoms. The SMILES string of the molecule is CC/C=C\C/C=C\C/C=C\C/C=C\C/C=C\C/C=C\CCC(=O)OCC(COC(=O)CCCCCCCCCCCCCCCCCC)OC(=O)CCCCCCCCC/C=C\CCCCCCCC. The molecule has 0 radical (unpaired) electrons. The molecule has 0 aliphatic carbocycles. The zero-order valence-corrected chi connectivity index (χ0v) is 46.0. The van der Waals surface area contributed by atoms with Crippen molar-refractivity contribution < 1.29 is 28.6 Å². The van der Waals surface area contributed by atoms with Crippen molar-refractivity contribution in [2.24, 2.45) is 0 Å². The Kier molecular flexibility index (Phi) is 55.3. The van der Waals surface area contributed by atoms with E-state index in [1.54, 1.807) is 0 Å². The molecule has 0 aromatic carbocycles. The molecule has 1 unspecified atom stereocenters. The molecule has 6 nitrogen and oxygen atoms in total. The van der Waals surface area contributed by atoms with Crippen LogP contribution in [-0.4, -0.2) is 37.2 Å². The molecule has 0 aromatic rings. The van der Waals surface area contributed by atoms with Gasteiger partial charge in [-0.2, -0.15) is 0 Å². The van der Waals surface area contributed by atoms with E-state index in [1.165, 1.54) is 161 Å². The number of hydrogen-bond acceptors (Lipinski definition) is 6.